The van der Waals surface area contributed by atoms with Gasteiger partial charge in [0.05, 0.1) is 49.8 Å². The van der Waals surface area contributed by atoms with Gasteiger partial charge >= 0.3 is 0 Å². The molecule has 4 fully saturated rings. The van der Waals surface area contributed by atoms with Gasteiger partial charge in [0.25, 0.3) is 21.6 Å². The van der Waals surface area contributed by atoms with Crippen molar-refractivity contribution in [1.29, 1.82) is 0 Å². The number of pyridine rings is 1. The van der Waals surface area contributed by atoms with Crippen molar-refractivity contribution in [2.45, 2.75) is 154 Å². The molecule has 3 aromatic heterocycles. The van der Waals surface area contributed by atoms with Crippen LogP contribution in [0.15, 0.2) is 125 Å². The Labute approximate surface area is 614 Å². The van der Waals surface area contributed by atoms with E-state index in [-0.39, 0.29) is 53.1 Å². The molecule has 550 valence electrons. The number of aromatic nitrogens is 3. The summed E-state index contributed by atoms with van der Waals surface area (Å²) in [5, 5.41) is 34.7. The number of hydrogen-bond acceptors (Lipinski definition) is 18. The van der Waals surface area contributed by atoms with Crippen LogP contribution in [0.1, 0.15) is 139 Å². The van der Waals surface area contributed by atoms with Crippen molar-refractivity contribution in [1.82, 2.24) is 49.9 Å². The molecule has 1 saturated carbocycles. The van der Waals surface area contributed by atoms with Crippen LogP contribution in [0.5, 0.6) is 11.5 Å². The number of piperazine rings is 2. The number of aliphatic hydroxyl groups is 1. The molecule has 3 atom stereocenters. The number of sulfonamides is 1. The van der Waals surface area contributed by atoms with Crippen molar-refractivity contribution in [2.75, 3.05) is 95.3 Å². The van der Waals surface area contributed by atoms with Crippen molar-refractivity contribution in [3.63, 3.8) is 0 Å². The average Bonchev–Trinajstić information content (AvgIpc) is 1.80. The molecule has 0 unspecified atom stereocenters. The summed E-state index contributed by atoms with van der Waals surface area (Å²) < 4.78 is 36.8. The lowest BCUT2D eigenvalue weighted by atomic mass is 9.72. The quantitative estimate of drug-likeness (QED) is 0.0159. The van der Waals surface area contributed by atoms with E-state index in [9.17, 15) is 38.0 Å². The molecule has 3 aliphatic heterocycles. The minimum absolute atomic E-state index is 0.0436. The number of unbranched alkanes of at least 4 members (excludes halogenated alkanes) is 3. The summed E-state index contributed by atoms with van der Waals surface area (Å²) in [5.41, 5.74) is 9.94. The highest BCUT2D eigenvalue weighted by Gasteiger charge is 2.44. The van der Waals surface area contributed by atoms with Crippen LogP contribution >= 0.6 is 22.9 Å². The van der Waals surface area contributed by atoms with Gasteiger partial charge in [-0.1, -0.05) is 101 Å². The van der Waals surface area contributed by atoms with Gasteiger partial charge in [0.1, 0.15) is 28.9 Å². The summed E-state index contributed by atoms with van der Waals surface area (Å²) in [7, 11) is -4.62. The number of thiazole rings is 1. The largest absolute Gasteiger partial charge is 0.455 e. The number of halogens is 1. The van der Waals surface area contributed by atoms with Gasteiger partial charge in [-0.15, -0.1) is 11.3 Å². The van der Waals surface area contributed by atoms with Crippen molar-refractivity contribution in [2.24, 2.45) is 16.7 Å². The summed E-state index contributed by atoms with van der Waals surface area (Å²) in [6, 6.07) is 27.9. The lowest BCUT2D eigenvalue weighted by Crippen LogP contribution is -2.56. The van der Waals surface area contributed by atoms with E-state index in [1.54, 1.807) is 46.7 Å². The normalized spacial score (nSPS) is 20.5. The first-order valence-electron chi connectivity index (χ1n) is 36.6. The number of hydrogen-bond donors (Lipinski definition) is 6. The first kappa shape index (κ1) is 74.9. The second-order valence-electron chi connectivity index (χ2n) is 30.6. The van der Waals surface area contributed by atoms with Crippen molar-refractivity contribution < 1.29 is 37.6 Å². The lowest BCUT2D eigenvalue weighted by Gasteiger charge is -2.42. The molecule has 0 radical (unpaired) electrons. The van der Waals surface area contributed by atoms with Crippen molar-refractivity contribution >= 4 is 84.4 Å². The number of rotatable bonds is 27. The number of carbonyl (C=O) groups excluding carboxylic acids is 3. The van der Waals surface area contributed by atoms with Crippen LogP contribution in [0.4, 0.5) is 17.1 Å². The summed E-state index contributed by atoms with van der Waals surface area (Å²) >= 11 is 7.89. The Morgan fingerprint density at radius 1 is 0.864 bits per heavy atom. The summed E-state index contributed by atoms with van der Waals surface area (Å²) in [5.74, 6) is -0.636. The molecule has 12 rings (SSSR count). The smallest absolute Gasteiger partial charge is 0.293 e. The van der Waals surface area contributed by atoms with Crippen LogP contribution in [0.25, 0.3) is 27.0 Å². The molecule has 6 N–H and O–H groups in total. The predicted molar refractivity (Wildman–Crippen MR) is 407 cm³/mol. The van der Waals surface area contributed by atoms with Gasteiger partial charge in [-0.2, -0.15) is 0 Å². The van der Waals surface area contributed by atoms with Gasteiger partial charge in [0.2, 0.25) is 11.8 Å². The van der Waals surface area contributed by atoms with E-state index in [1.165, 1.54) is 35.0 Å². The Kier molecular flexibility index (Phi) is 24.1. The van der Waals surface area contributed by atoms with Crippen LogP contribution in [0.2, 0.25) is 5.02 Å². The number of benzene rings is 4. The fraction of sp³-hybridized carbons (Fsp3) is 0.500. The number of aromatic amines is 1. The number of β-amino-alcohol motifs (C(OH)–C–C–N with tert-alkyl or cyclic N) is 1. The van der Waals surface area contributed by atoms with Gasteiger partial charge in [0.15, 0.2) is 0 Å². The number of fused-ring (bicyclic) bond motifs is 1. The summed E-state index contributed by atoms with van der Waals surface area (Å²) in [6.45, 7) is 23.4. The molecular weight excluding hydrogens is 1360 g/mol. The maximum atomic E-state index is 14.3. The van der Waals surface area contributed by atoms with Crippen LogP contribution in [-0.4, -0.2) is 180 Å². The molecule has 2 aliphatic carbocycles. The van der Waals surface area contributed by atoms with E-state index in [2.05, 4.69) is 81.2 Å². The second-order valence-corrected chi connectivity index (χ2v) is 33.6. The first-order chi connectivity index (χ1) is 49.4. The fourth-order valence-corrected chi connectivity index (χ4v) is 17.4. The van der Waals surface area contributed by atoms with Gasteiger partial charge in [-0.3, -0.25) is 34.3 Å². The van der Waals surface area contributed by atoms with Crippen LogP contribution < -0.4 is 30.3 Å². The zero-order chi connectivity index (χ0) is 72.6. The van der Waals surface area contributed by atoms with Crippen LogP contribution in [0, 0.1) is 33.8 Å². The zero-order valence-corrected chi connectivity index (χ0v) is 62.6. The molecule has 5 aliphatic rings. The minimum Gasteiger partial charge on any atom is -0.455 e. The molecule has 3 saturated heterocycles. The van der Waals surface area contributed by atoms with E-state index < -0.39 is 55.0 Å². The Balaban J connectivity index is 0.571. The third kappa shape index (κ3) is 19.0. The zero-order valence-electron chi connectivity index (χ0n) is 60.2. The molecule has 103 heavy (non-hydrogen) atoms. The molecule has 7 aromatic rings. The number of allylic oxidation sites excluding steroid dienone is 1. The maximum absolute atomic E-state index is 14.3. The number of nitrogens with zero attached hydrogens (tertiary/aromatic N) is 8. The first-order valence-corrected chi connectivity index (χ1v) is 39.4. The van der Waals surface area contributed by atoms with E-state index in [0.29, 0.717) is 50.2 Å². The van der Waals surface area contributed by atoms with E-state index >= 15 is 0 Å². The van der Waals surface area contributed by atoms with Gasteiger partial charge in [-0.05, 0) is 165 Å². The second kappa shape index (κ2) is 33.1. The molecule has 3 amide bonds. The molecule has 25 heteroatoms. The monoisotopic (exact) mass is 1460 g/mol. The number of ether oxygens (including phenoxy) is 1. The third-order valence-corrected chi connectivity index (χ3v) is 24.1. The van der Waals surface area contributed by atoms with Gasteiger partial charge in [-0.25, -0.2) is 23.1 Å². The highest BCUT2D eigenvalue weighted by molar-refractivity contribution is 7.90. The number of likely N-dealkylation sites (tertiary alicyclic amines) is 1. The maximum Gasteiger partial charge on any atom is 0.293 e. The lowest BCUT2D eigenvalue weighted by molar-refractivity contribution is -0.384. The fourth-order valence-electron chi connectivity index (χ4n) is 15.5. The Hall–Kier alpha value is -7.81. The number of nitrogens with one attached hydrogen (secondary N) is 5. The molecule has 0 bridgehead atoms. The number of nitro groups is 1. The Bertz CT molecular complexity index is 4270. The van der Waals surface area contributed by atoms with E-state index in [1.807, 2.05) is 75.7 Å². The topological polar surface area (TPSA) is 264 Å². The SMILES string of the molecule is Cc1ncsc1-c1ccc(CNC(=O)[C@@H]2C[C@@H](O)CN2C(=O)[C@@H](NCCCCCCN2CCN(C3CCC(CNc4ccc(S(=O)(=O)NC(=O)c5ccc(N6CCN(CC7=C(c8ccc(Cl)cc8)CC(C)(C)CC7)CC6)cc5Oc5cnc6[nH]ccc6c5)cc4[N+](=O)[O-])CC3)CC2)C(C)(C)C)cc1. The summed E-state index contributed by atoms with van der Waals surface area (Å²) in [6.07, 6.45) is 14.0. The number of anilines is 2. The van der Waals surface area contributed by atoms with Crippen molar-refractivity contribution in [3.05, 3.63) is 158 Å². The number of H-pyrrole nitrogens is 1. The van der Waals surface area contributed by atoms with Crippen molar-refractivity contribution in [3.8, 4) is 21.9 Å². The number of amides is 3. The number of carbonyl (C=O) groups is 3. The van der Waals surface area contributed by atoms with E-state index in [0.717, 1.165) is 167 Å². The van der Waals surface area contributed by atoms with Gasteiger partial charge < -0.3 is 45.5 Å². The Morgan fingerprint density at radius 3 is 2.31 bits per heavy atom. The minimum atomic E-state index is -4.62. The molecule has 6 heterocycles. The molecule has 22 nitrogen and oxygen atoms in total. The number of aliphatic hydroxyl groups excluding tert-OH is 1. The number of aryl methyl sites for hydroxylation is 1. The number of nitro benzene ring substituents is 1. The highest BCUT2D eigenvalue weighted by atomic mass is 35.5. The average molecular weight is 1460 g/mol. The van der Waals surface area contributed by atoms with E-state index in [4.69, 9.17) is 16.3 Å². The standard InChI is InChI=1S/C78H100ClN13O9S2/c1-52-71(102-51-85-52)56-15-11-53(12-16-56)47-84-75(95)69-43-62(93)50-91(69)76(96)72(77(2,3)4)80-30-9-7-8-10-32-87-33-37-89(38-34-87)60-21-13-54(14-22-60)46-82-67-26-24-64(44-68(67)92(97)98)103(99,100)86-74(94)65-25-23-61(42-70(65)101-63-41-57-28-31-81-73(57)83-48-63)90-39-35-88(36-40-90)49-58-27-29-78(5,6)45-66(58)55-17-19-59(79)20-18-55/h11-12,15-20,23-26,28,31,41-42,44,48,51,54,60,62,69,72,80,82,93H,7-10,13-14,21-22,27,29-30,32-40,43,45-47,49-50H2,1-6H3,(H,81,83)(H,84,95)(H,86,94)/t54?,60?,62-,69+,72-/m1/s1. The molecule has 4 aromatic carbocycles. The van der Waals surface area contributed by atoms with Crippen LogP contribution in [0.3, 0.4) is 0 Å². The molecular formula is C78H100ClN13O9S2. The Morgan fingerprint density at radius 2 is 1.59 bits per heavy atom. The van der Waals surface area contributed by atoms with Crippen LogP contribution in [-0.2, 0) is 26.2 Å². The third-order valence-electron chi connectivity index (χ3n) is 21.5. The predicted octanol–water partition coefficient (Wildman–Crippen LogP) is 12.7. The summed E-state index contributed by atoms with van der Waals surface area (Å²) in [4.78, 5) is 78.1. The molecule has 0 spiro atoms. The van der Waals surface area contributed by atoms with Gasteiger partial charge in [0, 0.05) is 125 Å². The highest BCUT2D eigenvalue weighted by Crippen LogP contribution is 2.44.